The van der Waals surface area contributed by atoms with Gasteiger partial charge < -0.3 is 15.0 Å². The van der Waals surface area contributed by atoms with Gasteiger partial charge in [0.2, 0.25) is 5.91 Å². The second kappa shape index (κ2) is 9.74. The van der Waals surface area contributed by atoms with Gasteiger partial charge in [-0.2, -0.15) is 0 Å². The predicted octanol–water partition coefficient (Wildman–Crippen LogP) is 5.04. The van der Waals surface area contributed by atoms with E-state index in [2.05, 4.69) is 28.4 Å². The Morgan fingerprint density at radius 3 is 2.47 bits per heavy atom. The van der Waals surface area contributed by atoms with Crippen LogP contribution in [0.2, 0.25) is 5.02 Å². The van der Waals surface area contributed by atoms with Gasteiger partial charge in [0.1, 0.15) is 5.25 Å². The van der Waals surface area contributed by atoms with Gasteiger partial charge >= 0.3 is 0 Å². The van der Waals surface area contributed by atoms with Crippen LogP contribution in [0.1, 0.15) is 22.4 Å². The zero-order valence-corrected chi connectivity index (χ0v) is 21.1. The van der Waals surface area contributed by atoms with Crippen LogP contribution >= 0.6 is 34.7 Å². The summed E-state index contributed by atoms with van der Waals surface area (Å²) in [5.41, 5.74) is 2.08. The number of aryl methyl sites for hydroxylation is 1. The van der Waals surface area contributed by atoms with Crippen molar-refractivity contribution >= 4 is 52.1 Å². The number of nitrogens with one attached hydrogen (secondary N) is 1. The highest BCUT2D eigenvalue weighted by molar-refractivity contribution is 8.01. The molecule has 2 saturated heterocycles. The lowest BCUT2D eigenvalue weighted by atomic mass is 9.77. The van der Waals surface area contributed by atoms with Crippen molar-refractivity contribution in [1.82, 2.24) is 5.32 Å². The molecule has 5 rings (SSSR count). The number of morpholine rings is 1. The lowest BCUT2D eigenvalue weighted by Crippen LogP contribution is -2.58. The van der Waals surface area contributed by atoms with E-state index in [9.17, 15) is 9.59 Å². The molecule has 2 atom stereocenters. The average molecular weight is 513 g/mol. The van der Waals surface area contributed by atoms with Gasteiger partial charge in [0.15, 0.2) is 5.78 Å². The largest absolute Gasteiger partial charge is 0.378 e. The lowest BCUT2D eigenvalue weighted by molar-refractivity contribution is -0.132. The minimum atomic E-state index is -0.889. The first-order valence-electron chi connectivity index (χ1n) is 11.2. The Hall–Kier alpha value is -2.32. The zero-order chi connectivity index (χ0) is 23.7. The number of carbonyl (C=O) groups excluding carboxylic acids is 2. The summed E-state index contributed by atoms with van der Waals surface area (Å²) in [5.74, 6) is -0.392. The third kappa shape index (κ3) is 4.50. The molecule has 1 N–H and O–H groups in total. The highest BCUT2D eigenvalue weighted by Crippen LogP contribution is 2.42. The number of hydrogen-bond donors (Lipinski definition) is 1. The number of ketones is 1. The second-order valence-corrected chi connectivity index (χ2v) is 11.2. The van der Waals surface area contributed by atoms with Gasteiger partial charge in [-0.15, -0.1) is 23.1 Å². The van der Waals surface area contributed by atoms with Crippen LogP contribution in [0.25, 0.3) is 0 Å². The summed E-state index contributed by atoms with van der Waals surface area (Å²) in [6, 6.07) is 17.6. The van der Waals surface area contributed by atoms with Crippen molar-refractivity contribution in [2.24, 2.45) is 0 Å². The summed E-state index contributed by atoms with van der Waals surface area (Å²) < 4.78 is 5.46. The maximum atomic E-state index is 13.5. The van der Waals surface area contributed by atoms with E-state index in [-0.39, 0.29) is 18.1 Å². The molecule has 0 spiro atoms. The molecule has 2 aliphatic rings. The van der Waals surface area contributed by atoms with Gasteiger partial charge in [-0.3, -0.25) is 9.59 Å². The number of thiophene rings is 1. The summed E-state index contributed by atoms with van der Waals surface area (Å²) in [6.45, 7) is 5.17. The van der Waals surface area contributed by atoms with Crippen LogP contribution in [0.4, 0.5) is 5.69 Å². The van der Waals surface area contributed by atoms with Crippen molar-refractivity contribution in [1.29, 1.82) is 0 Å². The van der Waals surface area contributed by atoms with E-state index in [1.807, 2.05) is 42.6 Å². The predicted molar refractivity (Wildman–Crippen MR) is 138 cm³/mol. The highest BCUT2D eigenvalue weighted by Gasteiger charge is 2.47. The Kier molecular flexibility index (Phi) is 6.71. The van der Waals surface area contributed by atoms with E-state index >= 15 is 0 Å². The summed E-state index contributed by atoms with van der Waals surface area (Å²) in [7, 11) is 0. The van der Waals surface area contributed by atoms with Crippen molar-refractivity contribution in [3.8, 4) is 0 Å². The van der Waals surface area contributed by atoms with Crippen LogP contribution in [-0.2, 0) is 19.9 Å². The number of carbonyl (C=O) groups is 2. The van der Waals surface area contributed by atoms with Gasteiger partial charge in [-0.25, -0.2) is 0 Å². The van der Waals surface area contributed by atoms with E-state index < -0.39 is 10.8 Å². The van der Waals surface area contributed by atoms with Crippen LogP contribution < -0.4 is 10.2 Å². The molecule has 2 aliphatic heterocycles. The third-order valence-electron chi connectivity index (χ3n) is 6.35. The number of hydrogen-bond acceptors (Lipinski definition) is 6. The Balaban J connectivity index is 1.47. The van der Waals surface area contributed by atoms with E-state index in [1.165, 1.54) is 11.8 Å². The SMILES string of the molecule is Cc1cc([C@@]2(c3ccc(N4CCOCC4)cc3)CC(=O)C(Sc3ccccc3Cl)C(=O)N2)cs1. The molecule has 1 aromatic heterocycles. The number of Topliss-reactive ketones (excluding diaryl/α,β-unsaturated/α-hetero) is 1. The van der Waals surface area contributed by atoms with E-state index in [4.69, 9.17) is 16.3 Å². The summed E-state index contributed by atoms with van der Waals surface area (Å²) in [4.78, 5) is 31.0. The maximum Gasteiger partial charge on any atom is 0.242 e. The highest BCUT2D eigenvalue weighted by atomic mass is 35.5. The second-order valence-electron chi connectivity index (χ2n) is 8.56. The molecule has 1 unspecified atom stereocenters. The van der Waals surface area contributed by atoms with Gasteiger partial charge in [-0.1, -0.05) is 35.9 Å². The van der Waals surface area contributed by atoms with Crippen LogP contribution in [-0.4, -0.2) is 43.2 Å². The molecular formula is C26H25ClN2O3S2. The molecule has 2 aromatic carbocycles. The molecule has 5 nitrogen and oxygen atoms in total. The number of benzene rings is 2. The molecule has 34 heavy (non-hydrogen) atoms. The average Bonchev–Trinajstić information content (AvgIpc) is 3.30. The van der Waals surface area contributed by atoms with Gasteiger partial charge in [0.25, 0.3) is 0 Å². The Morgan fingerprint density at radius 2 is 1.82 bits per heavy atom. The Bertz CT molecular complexity index is 1190. The van der Waals surface area contributed by atoms with Crippen molar-refractivity contribution in [3.63, 3.8) is 0 Å². The van der Waals surface area contributed by atoms with E-state index in [0.717, 1.165) is 52.9 Å². The molecule has 0 radical (unpaired) electrons. The van der Waals surface area contributed by atoms with Crippen LogP contribution in [0.15, 0.2) is 64.9 Å². The smallest absolute Gasteiger partial charge is 0.242 e. The first kappa shape index (κ1) is 23.4. The Morgan fingerprint density at radius 1 is 1.09 bits per heavy atom. The number of halogens is 1. The first-order chi connectivity index (χ1) is 16.5. The van der Waals surface area contributed by atoms with Crippen LogP contribution in [0.5, 0.6) is 0 Å². The van der Waals surface area contributed by atoms with Gasteiger partial charge in [0.05, 0.1) is 23.8 Å². The Labute approximate surface area is 212 Å². The van der Waals surface area contributed by atoms with Crippen molar-refractivity contribution in [2.75, 3.05) is 31.2 Å². The number of amides is 1. The molecule has 2 fully saturated rings. The fourth-order valence-electron chi connectivity index (χ4n) is 4.57. The summed E-state index contributed by atoms with van der Waals surface area (Å²) >= 11 is 9.13. The molecule has 176 valence electrons. The quantitative estimate of drug-likeness (QED) is 0.485. The van der Waals surface area contributed by atoms with Gasteiger partial charge in [-0.05, 0) is 53.8 Å². The molecule has 0 bridgehead atoms. The minimum Gasteiger partial charge on any atom is -0.378 e. The molecule has 0 aliphatic carbocycles. The van der Waals surface area contributed by atoms with Crippen molar-refractivity contribution in [2.45, 2.75) is 29.0 Å². The number of ether oxygens (including phenoxy) is 1. The number of rotatable bonds is 5. The first-order valence-corrected chi connectivity index (χ1v) is 13.3. The summed E-state index contributed by atoms with van der Waals surface area (Å²) in [6.07, 6.45) is 0.188. The van der Waals surface area contributed by atoms with E-state index in [1.54, 1.807) is 17.4 Å². The van der Waals surface area contributed by atoms with Crippen molar-refractivity contribution in [3.05, 3.63) is 81.0 Å². The lowest BCUT2D eigenvalue weighted by Gasteiger charge is -2.40. The van der Waals surface area contributed by atoms with Crippen molar-refractivity contribution < 1.29 is 14.3 Å². The van der Waals surface area contributed by atoms with Gasteiger partial charge in [0, 0.05) is 35.0 Å². The molecule has 3 heterocycles. The molecule has 1 amide bonds. The number of anilines is 1. The molecular weight excluding hydrogens is 488 g/mol. The topological polar surface area (TPSA) is 58.6 Å². The minimum absolute atomic E-state index is 0.102. The molecule has 3 aromatic rings. The third-order valence-corrected chi connectivity index (χ3v) is 8.97. The standard InChI is InChI=1S/C26H25ClN2O3S2/c1-17-14-19(16-33-17)26(18-6-8-20(9-7-18)29-10-12-32-13-11-29)15-22(30)24(25(31)28-26)34-23-5-3-2-4-21(23)27/h2-9,14,16,24H,10-13,15H2,1H3,(H,28,31)/t24?,26-/m0/s1. The normalized spacial score (nSPS) is 23.1. The van der Waals surface area contributed by atoms with E-state index in [0.29, 0.717) is 5.02 Å². The fourth-order valence-corrected chi connectivity index (χ4v) is 6.59. The summed E-state index contributed by atoms with van der Waals surface area (Å²) in [5, 5.41) is 4.99. The van der Waals surface area contributed by atoms with Crippen LogP contribution in [0.3, 0.4) is 0 Å². The molecule has 0 saturated carbocycles. The number of thioether (sulfide) groups is 1. The fraction of sp³-hybridized carbons (Fsp3) is 0.308. The zero-order valence-electron chi connectivity index (χ0n) is 18.8. The number of nitrogens with zero attached hydrogens (tertiary/aromatic N) is 1. The maximum absolute atomic E-state index is 13.5. The molecule has 8 heteroatoms. The number of piperidine rings is 1. The van der Waals surface area contributed by atoms with Crippen LogP contribution in [0, 0.1) is 6.92 Å². The monoisotopic (exact) mass is 512 g/mol.